The van der Waals surface area contributed by atoms with Crippen LogP contribution in [0.4, 0.5) is 0 Å². The van der Waals surface area contributed by atoms with Crippen LogP contribution in [0.5, 0.6) is 0 Å². The van der Waals surface area contributed by atoms with Crippen LogP contribution in [0.15, 0.2) is 0 Å². The second-order valence-corrected chi connectivity index (χ2v) is 12.4. The Bertz CT molecular complexity index is 848. The van der Waals surface area contributed by atoms with E-state index in [4.69, 9.17) is 18.9 Å². The fourth-order valence-corrected chi connectivity index (χ4v) is 10.1. The monoisotopic (exact) mass is 515 g/mol. The van der Waals surface area contributed by atoms with Crippen LogP contribution in [-0.4, -0.2) is 133 Å². The van der Waals surface area contributed by atoms with Crippen molar-refractivity contribution in [2.75, 3.05) is 54.7 Å². The van der Waals surface area contributed by atoms with Gasteiger partial charge in [0.25, 0.3) is 0 Å². The summed E-state index contributed by atoms with van der Waals surface area (Å²) in [4.78, 5) is 2.18. The van der Waals surface area contributed by atoms with E-state index in [-0.39, 0.29) is 18.9 Å². The molecule has 0 radical (unpaired) electrons. The normalized spacial score (nSPS) is 58.4. The van der Waals surface area contributed by atoms with Crippen LogP contribution in [0.25, 0.3) is 0 Å². The molecular formula is C26H45NO9. The highest BCUT2D eigenvalue weighted by Crippen LogP contribution is 2.71. The molecule has 10 nitrogen and oxygen atoms in total. The molecular weight excluding hydrogens is 470 g/mol. The van der Waals surface area contributed by atoms with E-state index in [1.807, 2.05) is 6.92 Å². The first-order chi connectivity index (χ1) is 17.0. The molecule has 1 heterocycles. The van der Waals surface area contributed by atoms with Gasteiger partial charge in [0.15, 0.2) is 0 Å². The number of aliphatic hydroxyl groups excluding tert-OH is 3. The van der Waals surface area contributed by atoms with E-state index >= 15 is 0 Å². The quantitative estimate of drug-likeness (QED) is 0.294. The Labute approximate surface area is 213 Å². The van der Waals surface area contributed by atoms with Crippen molar-refractivity contribution in [1.82, 2.24) is 4.90 Å². The zero-order valence-electron chi connectivity index (χ0n) is 22.3. The zero-order chi connectivity index (χ0) is 26.4. The maximum atomic E-state index is 12.7. The molecule has 0 amide bonds. The minimum atomic E-state index is -1.81. The van der Waals surface area contributed by atoms with Gasteiger partial charge in [0, 0.05) is 76.5 Å². The molecule has 4 bridgehead atoms. The minimum absolute atomic E-state index is 0.128. The summed E-state index contributed by atoms with van der Waals surface area (Å²) >= 11 is 0. The van der Waals surface area contributed by atoms with Crippen LogP contribution in [-0.2, 0) is 18.9 Å². The summed E-state index contributed by atoms with van der Waals surface area (Å²) in [5.74, 6) is -2.26. The van der Waals surface area contributed by atoms with E-state index in [1.165, 1.54) is 7.11 Å². The molecule has 1 saturated heterocycles. The van der Waals surface area contributed by atoms with Gasteiger partial charge < -0.3 is 49.4 Å². The number of likely N-dealkylation sites (tertiary alicyclic amines) is 1. The first kappa shape index (κ1) is 27.2. The molecule has 0 aromatic rings. The first-order valence-corrected chi connectivity index (χ1v) is 13.3. The van der Waals surface area contributed by atoms with Gasteiger partial charge in [-0.25, -0.2) is 0 Å². The van der Waals surface area contributed by atoms with E-state index in [9.17, 15) is 25.5 Å². The van der Waals surface area contributed by atoms with Gasteiger partial charge in [-0.1, -0.05) is 13.8 Å². The average molecular weight is 516 g/mol. The van der Waals surface area contributed by atoms with Gasteiger partial charge in [-0.05, 0) is 18.9 Å². The van der Waals surface area contributed by atoms with Gasteiger partial charge in [-0.2, -0.15) is 0 Å². The number of nitrogens with zero attached hydrogens (tertiary/aromatic N) is 1. The lowest BCUT2D eigenvalue weighted by atomic mass is 9.47. The molecule has 5 N–H and O–H groups in total. The Balaban J connectivity index is 1.85. The summed E-state index contributed by atoms with van der Waals surface area (Å²) < 4.78 is 23.8. The maximum Gasteiger partial charge on any atom is 0.120 e. The fraction of sp³-hybridized carbons (Fsp3) is 1.00. The van der Waals surface area contributed by atoms with Crippen molar-refractivity contribution in [3.63, 3.8) is 0 Å². The van der Waals surface area contributed by atoms with Crippen molar-refractivity contribution in [1.29, 1.82) is 0 Å². The molecule has 14 atom stereocenters. The van der Waals surface area contributed by atoms with Crippen molar-refractivity contribution >= 4 is 0 Å². The second kappa shape index (κ2) is 8.81. The third-order valence-electron chi connectivity index (χ3n) is 11.5. The van der Waals surface area contributed by atoms with Crippen LogP contribution < -0.4 is 0 Å². The Morgan fingerprint density at radius 3 is 2.19 bits per heavy atom. The lowest BCUT2D eigenvalue weighted by molar-refractivity contribution is -0.292. The maximum absolute atomic E-state index is 12.7. The SMILES string of the molecule is CCN1C[C@@H]2[C@H](OC)[C@@H]3[C@](COC)(C1)[C@H](O)C[C@H](OC)[C@@]3(C)[C@@H]1C[C@@]3(O)[C@H](O)[C@@H]1[C@]2(O)[C@@H](O)[C@@H]3OC. The van der Waals surface area contributed by atoms with Gasteiger partial charge in [0.05, 0.1) is 31.0 Å². The van der Waals surface area contributed by atoms with Crippen LogP contribution in [0.3, 0.4) is 0 Å². The van der Waals surface area contributed by atoms with Crippen LogP contribution >= 0.6 is 0 Å². The number of methoxy groups -OCH3 is 4. The summed E-state index contributed by atoms with van der Waals surface area (Å²) in [7, 11) is 6.25. The van der Waals surface area contributed by atoms with Crippen molar-refractivity contribution in [3.8, 4) is 0 Å². The van der Waals surface area contributed by atoms with Crippen molar-refractivity contribution in [2.45, 2.75) is 74.5 Å². The molecule has 0 aromatic heterocycles. The Kier molecular flexibility index (Phi) is 6.65. The molecule has 5 rings (SSSR count). The molecule has 1 aliphatic heterocycles. The van der Waals surface area contributed by atoms with E-state index in [0.29, 0.717) is 26.1 Å². The van der Waals surface area contributed by atoms with Crippen molar-refractivity contribution in [2.24, 2.45) is 34.5 Å². The van der Waals surface area contributed by atoms with Crippen molar-refractivity contribution < 1.29 is 44.5 Å². The van der Waals surface area contributed by atoms with E-state index in [1.54, 1.807) is 21.3 Å². The summed E-state index contributed by atoms with van der Waals surface area (Å²) in [6, 6.07) is 0. The molecule has 4 saturated carbocycles. The predicted molar refractivity (Wildman–Crippen MR) is 128 cm³/mol. The number of aliphatic hydroxyl groups is 5. The Morgan fingerprint density at radius 1 is 0.944 bits per heavy atom. The van der Waals surface area contributed by atoms with Gasteiger partial charge >= 0.3 is 0 Å². The molecule has 0 unspecified atom stereocenters. The van der Waals surface area contributed by atoms with E-state index < -0.39 is 76.4 Å². The fourth-order valence-electron chi connectivity index (χ4n) is 10.1. The van der Waals surface area contributed by atoms with Crippen LogP contribution in [0.1, 0.15) is 26.7 Å². The molecule has 5 aliphatic rings. The lowest BCUT2D eigenvalue weighted by Gasteiger charge is -2.62. The number of hydrogen-bond donors (Lipinski definition) is 5. The smallest absolute Gasteiger partial charge is 0.120 e. The largest absolute Gasteiger partial charge is 0.392 e. The lowest BCUT2D eigenvalue weighted by Crippen LogP contribution is -2.74. The number of hydrogen-bond acceptors (Lipinski definition) is 10. The summed E-state index contributed by atoms with van der Waals surface area (Å²) in [6.07, 6.45) is -5.25. The zero-order valence-corrected chi connectivity index (χ0v) is 22.3. The summed E-state index contributed by atoms with van der Waals surface area (Å²) in [6.45, 7) is 5.96. The first-order valence-electron chi connectivity index (χ1n) is 13.3. The van der Waals surface area contributed by atoms with Gasteiger partial charge in [0.2, 0.25) is 0 Å². The Hall–Kier alpha value is -0.400. The predicted octanol–water partition coefficient (Wildman–Crippen LogP) is -1.15. The second-order valence-electron chi connectivity index (χ2n) is 12.4. The third-order valence-corrected chi connectivity index (χ3v) is 11.5. The molecule has 5 fully saturated rings. The molecule has 10 heteroatoms. The van der Waals surface area contributed by atoms with Crippen LogP contribution in [0.2, 0.25) is 0 Å². The van der Waals surface area contributed by atoms with E-state index in [2.05, 4.69) is 11.8 Å². The Morgan fingerprint density at radius 2 is 1.64 bits per heavy atom. The number of rotatable bonds is 6. The highest BCUT2D eigenvalue weighted by molar-refractivity contribution is 5.31. The molecule has 36 heavy (non-hydrogen) atoms. The molecule has 0 aromatic carbocycles. The summed E-state index contributed by atoms with van der Waals surface area (Å²) in [5, 5.41) is 59.7. The third kappa shape index (κ3) is 2.97. The van der Waals surface area contributed by atoms with Gasteiger partial charge in [-0.15, -0.1) is 0 Å². The topological polar surface area (TPSA) is 141 Å². The molecule has 208 valence electrons. The number of ether oxygens (including phenoxy) is 4. The highest BCUT2D eigenvalue weighted by Gasteiger charge is 2.81. The van der Waals surface area contributed by atoms with Gasteiger partial charge in [-0.3, -0.25) is 0 Å². The average Bonchev–Trinajstić information content (AvgIpc) is 2.95. The number of fused-ring (bicyclic) bond motifs is 4. The molecule has 4 aliphatic carbocycles. The van der Waals surface area contributed by atoms with Gasteiger partial charge in [0.1, 0.15) is 23.4 Å². The highest BCUT2D eigenvalue weighted by atomic mass is 16.5. The van der Waals surface area contributed by atoms with Crippen molar-refractivity contribution in [3.05, 3.63) is 0 Å². The summed E-state index contributed by atoms with van der Waals surface area (Å²) in [5.41, 5.74) is -5.03. The van der Waals surface area contributed by atoms with E-state index in [0.717, 1.165) is 0 Å². The minimum Gasteiger partial charge on any atom is -0.392 e. The standard InChI is InChI=1S/C26H45NO9/c1-7-27-10-14-18(35-5)19-23(2,16(34-4)8-15(28)24(19,11-27)12-33-3)13-9-25(31)20(29)17(13)26(14,32)21(30)22(25)36-6/h13-22,28-32H,7-12H2,1-6H3/t13-,14-,15-,16+,17-,18+,19+,20-,21+,22+,23-,24+,25-,26+/m1/s1. The molecule has 0 spiro atoms. The van der Waals surface area contributed by atoms with Crippen LogP contribution in [0, 0.1) is 34.5 Å².